The number of nitrogens with one attached hydrogen (secondary N) is 2. The first kappa shape index (κ1) is 20.0. The Labute approximate surface area is 180 Å². The number of aromatic nitrogens is 2. The number of hydrogen-bond acceptors (Lipinski definition) is 5. The Bertz CT molecular complexity index is 1090. The van der Waals surface area contributed by atoms with Crippen molar-refractivity contribution in [2.45, 2.75) is 33.2 Å². The van der Waals surface area contributed by atoms with Crippen LogP contribution in [0.15, 0.2) is 47.0 Å². The molecular weight excluding hydrogens is 398 g/mol. The van der Waals surface area contributed by atoms with Crippen LogP contribution in [0.1, 0.15) is 29.9 Å². The minimum absolute atomic E-state index is 0.181. The molecule has 1 aromatic heterocycles. The number of benzene rings is 2. The smallest absolute Gasteiger partial charge is 0.246 e. The van der Waals surface area contributed by atoms with Crippen LogP contribution in [0.3, 0.4) is 0 Å². The zero-order chi connectivity index (χ0) is 21.1. The molecule has 0 bridgehead atoms. The number of aryl methyl sites for hydroxylation is 2. The van der Waals surface area contributed by atoms with Crippen LogP contribution >= 0.6 is 12.2 Å². The van der Waals surface area contributed by atoms with Crippen molar-refractivity contribution >= 4 is 34.6 Å². The molecule has 0 aliphatic carbocycles. The van der Waals surface area contributed by atoms with Gasteiger partial charge in [0.15, 0.2) is 5.11 Å². The van der Waals surface area contributed by atoms with E-state index in [1.807, 2.05) is 61.2 Å². The van der Waals surface area contributed by atoms with E-state index in [-0.39, 0.29) is 5.91 Å². The van der Waals surface area contributed by atoms with Crippen molar-refractivity contribution in [2.75, 3.05) is 16.8 Å². The van der Waals surface area contributed by atoms with Crippen molar-refractivity contribution in [3.05, 3.63) is 59.5 Å². The normalized spacial score (nSPS) is 13.5. The first-order valence-electron chi connectivity index (χ1n) is 9.85. The molecule has 0 unspecified atom stereocenters. The van der Waals surface area contributed by atoms with Crippen molar-refractivity contribution in [3.63, 3.8) is 0 Å². The van der Waals surface area contributed by atoms with Gasteiger partial charge in [0.05, 0.1) is 6.54 Å². The maximum absolute atomic E-state index is 12.0. The second-order valence-electron chi connectivity index (χ2n) is 7.34. The van der Waals surface area contributed by atoms with Gasteiger partial charge in [0.2, 0.25) is 17.6 Å². The molecular formula is C22H23N5O2S. The van der Waals surface area contributed by atoms with Crippen LogP contribution in [0.2, 0.25) is 0 Å². The van der Waals surface area contributed by atoms with Crippen molar-refractivity contribution in [2.24, 2.45) is 0 Å². The van der Waals surface area contributed by atoms with E-state index in [2.05, 4.69) is 20.8 Å². The van der Waals surface area contributed by atoms with Crippen molar-refractivity contribution < 1.29 is 9.32 Å². The Hall–Kier alpha value is -3.26. The molecule has 4 rings (SSSR count). The molecule has 1 fully saturated rings. The summed E-state index contributed by atoms with van der Waals surface area (Å²) in [6.07, 6.45) is 1.53. The van der Waals surface area contributed by atoms with Crippen LogP contribution in [-0.2, 0) is 11.3 Å². The molecule has 7 nitrogen and oxygen atoms in total. The lowest BCUT2D eigenvalue weighted by Gasteiger charge is -2.19. The summed E-state index contributed by atoms with van der Waals surface area (Å²) >= 11 is 5.38. The molecule has 0 spiro atoms. The molecule has 2 aromatic carbocycles. The number of rotatable bonds is 5. The highest BCUT2D eigenvalue weighted by Crippen LogP contribution is 2.27. The lowest BCUT2D eigenvalue weighted by atomic mass is 10.1. The molecule has 3 aromatic rings. The van der Waals surface area contributed by atoms with Crippen LogP contribution in [0.25, 0.3) is 11.4 Å². The van der Waals surface area contributed by atoms with Crippen LogP contribution in [0, 0.1) is 13.8 Å². The Balaban J connectivity index is 1.34. The van der Waals surface area contributed by atoms with Gasteiger partial charge in [-0.2, -0.15) is 4.98 Å². The maximum atomic E-state index is 12.0. The molecule has 2 N–H and O–H groups in total. The van der Waals surface area contributed by atoms with E-state index >= 15 is 0 Å². The summed E-state index contributed by atoms with van der Waals surface area (Å²) in [5.41, 5.74) is 4.89. The first-order chi connectivity index (χ1) is 14.5. The Morgan fingerprint density at radius 1 is 1.23 bits per heavy atom. The highest BCUT2D eigenvalue weighted by Gasteiger charge is 2.23. The highest BCUT2D eigenvalue weighted by atomic mass is 32.1. The second-order valence-corrected chi connectivity index (χ2v) is 7.75. The van der Waals surface area contributed by atoms with E-state index in [9.17, 15) is 4.79 Å². The van der Waals surface area contributed by atoms with E-state index in [4.69, 9.17) is 16.7 Å². The van der Waals surface area contributed by atoms with Gasteiger partial charge < -0.3 is 20.1 Å². The highest BCUT2D eigenvalue weighted by molar-refractivity contribution is 7.80. The summed E-state index contributed by atoms with van der Waals surface area (Å²) in [5.74, 6) is 1.19. The number of thiocarbonyl (C=S) groups is 1. The second kappa shape index (κ2) is 8.62. The van der Waals surface area contributed by atoms with Crippen LogP contribution < -0.4 is 15.5 Å². The van der Waals surface area contributed by atoms with E-state index in [0.29, 0.717) is 29.8 Å². The molecule has 1 aliphatic rings. The van der Waals surface area contributed by atoms with Gasteiger partial charge in [-0.05, 0) is 62.3 Å². The molecule has 2 heterocycles. The summed E-state index contributed by atoms with van der Waals surface area (Å²) in [5, 5.41) is 10.7. The molecule has 0 atom stereocenters. The molecule has 0 saturated carbocycles. The van der Waals surface area contributed by atoms with Gasteiger partial charge in [-0.1, -0.05) is 28.9 Å². The van der Waals surface area contributed by atoms with Gasteiger partial charge in [0.25, 0.3) is 0 Å². The Morgan fingerprint density at radius 2 is 2.10 bits per heavy atom. The average Bonchev–Trinajstić information content (AvgIpc) is 3.36. The van der Waals surface area contributed by atoms with E-state index in [1.165, 1.54) is 0 Å². The zero-order valence-corrected chi connectivity index (χ0v) is 17.8. The summed E-state index contributed by atoms with van der Waals surface area (Å²) in [6, 6.07) is 13.8. The predicted molar refractivity (Wildman–Crippen MR) is 120 cm³/mol. The van der Waals surface area contributed by atoms with Gasteiger partial charge in [-0.15, -0.1) is 0 Å². The summed E-state index contributed by atoms with van der Waals surface area (Å²) in [6.45, 7) is 5.12. The fourth-order valence-corrected chi connectivity index (χ4v) is 3.69. The van der Waals surface area contributed by atoms with Crippen LogP contribution in [0.4, 0.5) is 11.4 Å². The first-order valence-corrected chi connectivity index (χ1v) is 10.3. The predicted octanol–water partition coefficient (Wildman–Crippen LogP) is 3.97. The lowest BCUT2D eigenvalue weighted by molar-refractivity contribution is -0.117. The third kappa shape index (κ3) is 4.49. The standard InChI is InChI=1S/C22H23N5O2S/c1-14-5-3-6-16(11-14)21-25-19(29-26-21)13-23-22(30)24-17-8-9-18(15(2)12-17)27-10-4-7-20(27)28/h3,5-6,8-9,11-12H,4,7,10,13H2,1-2H3,(H2,23,24,30). The van der Waals surface area contributed by atoms with Crippen LogP contribution in [0.5, 0.6) is 0 Å². The molecule has 1 amide bonds. The minimum atomic E-state index is 0.181. The molecule has 30 heavy (non-hydrogen) atoms. The monoisotopic (exact) mass is 421 g/mol. The lowest BCUT2D eigenvalue weighted by Crippen LogP contribution is -2.28. The number of hydrogen-bond donors (Lipinski definition) is 2. The number of carbonyl (C=O) groups excluding carboxylic acids is 1. The minimum Gasteiger partial charge on any atom is -0.353 e. The van der Waals surface area contributed by atoms with Crippen molar-refractivity contribution in [1.29, 1.82) is 0 Å². The molecule has 1 aliphatic heterocycles. The van der Waals surface area contributed by atoms with Crippen LogP contribution in [-0.4, -0.2) is 27.7 Å². The molecule has 1 saturated heterocycles. The third-order valence-electron chi connectivity index (χ3n) is 4.96. The average molecular weight is 422 g/mol. The summed E-state index contributed by atoms with van der Waals surface area (Å²) in [7, 11) is 0. The molecule has 0 radical (unpaired) electrons. The van der Waals surface area contributed by atoms with Gasteiger partial charge in [0, 0.05) is 29.9 Å². The summed E-state index contributed by atoms with van der Waals surface area (Å²) in [4.78, 5) is 18.2. The Morgan fingerprint density at radius 3 is 2.83 bits per heavy atom. The van der Waals surface area contributed by atoms with E-state index in [1.54, 1.807) is 0 Å². The quantitative estimate of drug-likeness (QED) is 0.603. The van der Waals surface area contributed by atoms with E-state index < -0.39 is 0 Å². The fourth-order valence-electron chi connectivity index (χ4n) is 3.50. The topological polar surface area (TPSA) is 83.3 Å². The largest absolute Gasteiger partial charge is 0.353 e. The van der Waals surface area contributed by atoms with Gasteiger partial charge in [-0.3, -0.25) is 4.79 Å². The van der Waals surface area contributed by atoms with Crippen molar-refractivity contribution in [1.82, 2.24) is 15.5 Å². The van der Waals surface area contributed by atoms with Gasteiger partial charge >= 0.3 is 0 Å². The molecule has 154 valence electrons. The molecule has 8 heteroatoms. The third-order valence-corrected chi connectivity index (χ3v) is 5.21. The van der Waals surface area contributed by atoms with Crippen molar-refractivity contribution in [3.8, 4) is 11.4 Å². The van der Waals surface area contributed by atoms with Gasteiger partial charge in [0.1, 0.15) is 0 Å². The maximum Gasteiger partial charge on any atom is 0.246 e. The number of anilines is 2. The fraction of sp³-hybridized carbons (Fsp3) is 0.273. The number of nitrogens with zero attached hydrogens (tertiary/aromatic N) is 3. The van der Waals surface area contributed by atoms with Gasteiger partial charge in [-0.25, -0.2) is 0 Å². The van der Waals surface area contributed by atoms with E-state index in [0.717, 1.165) is 41.0 Å². The number of amides is 1. The zero-order valence-electron chi connectivity index (χ0n) is 16.9. The summed E-state index contributed by atoms with van der Waals surface area (Å²) < 4.78 is 5.31. The Kier molecular flexibility index (Phi) is 5.76. The SMILES string of the molecule is Cc1cccc(-c2noc(CNC(=S)Nc3ccc(N4CCCC4=O)c(C)c3)n2)c1. The number of carbonyl (C=O) groups is 1.